The van der Waals surface area contributed by atoms with Crippen molar-refractivity contribution in [2.45, 2.75) is 59.0 Å². The van der Waals surface area contributed by atoms with Gasteiger partial charge >= 0.3 is 12.0 Å². The third kappa shape index (κ3) is 8.16. The van der Waals surface area contributed by atoms with Crippen molar-refractivity contribution < 1.29 is 19.5 Å². The molecule has 0 saturated carbocycles. The van der Waals surface area contributed by atoms with Gasteiger partial charge in [-0.1, -0.05) is 19.8 Å². The predicted molar refractivity (Wildman–Crippen MR) is 80.0 cm³/mol. The highest BCUT2D eigenvalue weighted by Gasteiger charge is 2.23. The van der Waals surface area contributed by atoms with Gasteiger partial charge in [-0.15, -0.1) is 0 Å². The Hall–Kier alpha value is -1.79. The number of carboxylic acid groups (broad SMARTS) is 1. The minimum atomic E-state index is -1.06. The lowest BCUT2D eigenvalue weighted by Gasteiger charge is -2.24. The molecule has 0 bridgehead atoms. The van der Waals surface area contributed by atoms with E-state index in [1.165, 1.54) is 4.90 Å². The number of likely N-dealkylation sites (N-methyl/N-ethyl adjacent to an activating group) is 1. The maximum Gasteiger partial charge on any atom is 0.326 e. The van der Waals surface area contributed by atoms with E-state index in [0.717, 1.165) is 12.8 Å². The van der Waals surface area contributed by atoms with Crippen LogP contribution in [0.2, 0.25) is 0 Å². The van der Waals surface area contributed by atoms with Gasteiger partial charge in [0, 0.05) is 12.6 Å². The Morgan fingerprint density at radius 3 is 2.19 bits per heavy atom. The fourth-order valence-electron chi connectivity index (χ4n) is 1.77. The van der Waals surface area contributed by atoms with Crippen LogP contribution in [0.1, 0.15) is 47.0 Å². The standard InChI is InChI=1S/C14H27N3O4/c1-5-7-8-11(13(19)20)16-14(21)17(6-2)9-12(18)15-10(3)4/h10-11H,5-9H2,1-4H3,(H,15,18)(H,16,21)(H,19,20)/t11-/m0/s1. The van der Waals surface area contributed by atoms with Crippen molar-refractivity contribution >= 4 is 17.9 Å². The van der Waals surface area contributed by atoms with Crippen LogP contribution in [-0.2, 0) is 9.59 Å². The fraction of sp³-hybridized carbons (Fsp3) is 0.786. The summed E-state index contributed by atoms with van der Waals surface area (Å²) in [4.78, 5) is 36.1. The Bertz CT molecular complexity index is 358. The Kier molecular flexibility index (Phi) is 9.16. The molecule has 0 aromatic carbocycles. The number of unbranched alkanes of at least 4 members (excludes halogenated alkanes) is 1. The minimum Gasteiger partial charge on any atom is -0.480 e. The van der Waals surface area contributed by atoms with Gasteiger partial charge in [-0.3, -0.25) is 4.79 Å². The average molecular weight is 301 g/mol. The number of hydrogen-bond acceptors (Lipinski definition) is 3. The van der Waals surface area contributed by atoms with Crippen molar-refractivity contribution in [1.29, 1.82) is 0 Å². The lowest BCUT2D eigenvalue weighted by molar-refractivity contribution is -0.139. The van der Waals surface area contributed by atoms with Crippen molar-refractivity contribution in [2.24, 2.45) is 0 Å². The second-order valence-corrected chi connectivity index (χ2v) is 5.22. The molecule has 0 saturated heterocycles. The van der Waals surface area contributed by atoms with Crippen LogP contribution < -0.4 is 10.6 Å². The molecule has 0 radical (unpaired) electrons. The van der Waals surface area contributed by atoms with E-state index in [1.807, 2.05) is 20.8 Å². The van der Waals surface area contributed by atoms with Crippen LogP contribution in [0.25, 0.3) is 0 Å². The number of nitrogens with zero attached hydrogens (tertiary/aromatic N) is 1. The van der Waals surface area contributed by atoms with Gasteiger partial charge in [0.1, 0.15) is 12.6 Å². The van der Waals surface area contributed by atoms with Crippen LogP contribution in [0.3, 0.4) is 0 Å². The minimum absolute atomic E-state index is 0.00408. The summed E-state index contributed by atoms with van der Waals surface area (Å²) in [6.07, 6.45) is 1.96. The number of amides is 3. The third-order valence-electron chi connectivity index (χ3n) is 2.90. The molecule has 7 nitrogen and oxygen atoms in total. The monoisotopic (exact) mass is 301 g/mol. The molecule has 21 heavy (non-hydrogen) atoms. The maximum atomic E-state index is 12.0. The van der Waals surface area contributed by atoms with Crippen LogP contribution in [0.15, 0.2) is 0 Å². The van der Waals surface area contributed by atoms with Gasteiger partial charge in [0.05, 0.1) is 0 Å². The van der Waals surface area contributed by atoms with E-state index in [1.54, 1.807) is 6.92 Å². The molecule has 0 unspecified atom stereocenters. The molecule has 0 spiro atoms. The van der Waals surface area contributed by atoms with Crippen LogP contribution in [-0.4, -0.2) is 53.1 Å². The van der Waals surface area contributed by atoms with E-state index in [-0.39, 0.29) is 18.5 Å². The number of urea groups is 1. The van der Waals surface area contributed by atoms with Crippen molar-refractivity contribution in [1.82, 2.24) is 15.5 Å². The van der Waals surface area contributed by atoms with Crippen molar-refractivity contribution in [3.8, 4) is 0 Å². The van der Waals surface area contributed by atoms with Gasteiger partial charge in [-0.05, 0) is 27.2 Å². The quantitative estimate of drug-likeness (QED) is 0.595. The molecular formula is C14H27N3O4. The van der Waals surface area contributed by atoms with Gasteiger partial charge in [0.15, 0.2) is 0 Å². The average Bonchev–Trinajstić information content (AvgIpc) is 2.39. The highest BCUT2D eigenvalue weighted by Crippen LogP contribution is 2.02. The van der Waals surface area contributed by atoms with E-state index in [0.29, 0.717) is 13.0 Å². The largest absolute Gasteiger partial charge is 0.480 e. The summed E-state index contributed by atoms with van der Waals surface area (Å²) in [6, 6.07) is -1.45. The molecular weight excluding hydrogens is 274 g/mol. The smallest absolute Gasteiger partial charge is 0.326 e. The Morgan fingerprint density at radius 2 is 1.76 bits per heavy atom. The highest BCUT2D eigenvalue weighted by atomic mass is 16.4. The van der Waals surface area contributed by atoms with Gasteiger partial charge < -0.3 is 20.6 Å². The Morgan fingerprint density at radius 1 is 1.14 bits per heavy atom. The van der Waals surface area contributed by atoms with Crippen LogP contribution >= 0.6 is 0 Å². The molecule has 122 valence electrons. The van der Waals surface area contributed by atoms with Crippen LogP contribution in [0.4, 0.5) is 4.79 Å². The molecule has 0 aliphatic heterocycles. The first-order valence-electron chi connectivity index (χ1n) is 7.39. The summed E-state index contributed by atoms with van der Waals surface area (Å²) >= 11 is 0. The van der Waals surface area contributed by atoms with Gasteiger partial charge in [0.25, 0.3) is 0 Å². The van der Waals surface area contributed by atoms with E-state index in [9.17, 15) is 14.4 Å². The number of hydrogen-bond donors (Lipinski definition) is 3. The van der Waals surface area contributed by atoms with Crippen molar-refractivity contribution in [3.63, 3.8) is 0 Å². The van der Waals surface area contributed by atoms with Crippen LogP contribution in [0.5, 0.6) is 0 Å². The van der Waals surface area contributed by atoms with Gasteiger partial charge in [0.2, 0.25) is 5.91 Å². The first kappa shape index (κ1) is 19.2. The molecule has 0 aliphatic carbocycles. The van der Waals surface area contributed by atoms with E-state index < -0.39 is 18.0 Å². The maximum absolute atomic E-state index is 12.0. The lowest BCUT2D eigenvalue weighted by atomic mass is 10.1. The number of nitrogens with one attached hydrogen (secondary N) is 2. The van der Waals surface area contributed by atoms with E-state index in [4.69, 9.17) is 5.11 Å². The molecule has 7 heteroatoms. The van der Waals surface area contributed by atoms with Crippen molar-refractivity contribution in [3.05, 3.63) is 0 Å². The molecule has 0 heterocycles. The SMILES string of the molecule is CCCC[C@H](NC(=O)N(CC)CC(=O)NC(C)C)C(=O)O. The third-order valence-corrected chi connectivity index (χ3v) is 2.90. The molecule has 0 rings (SSSR count). The summed E-state index contributed by atoms with van der Waals surface area (Å²) < 4.78 is 0. The number of carboxylic acids is 1. The highest BCUT2D eigenvalue weighted by molar-refractivity contribution is 5.86. The number of rotatable bonds is 9. The van der Waals surface area contributed by atoms with Gasteiger partial charge in [-0.25, -0.2) is 9.59 Å². The fourth-order valence-corrected chi connectivity index (χ4v) is 1.77. The zero-order valence-electron chi connectivity index (χ0n) is 13.3. The number of carbonyl (C=O) groups is 3. The van der Waals surface area contributed by atoms with E-state index in [2.05, 4.69) is 10.6 Å². The second-order valence-electron chi connectivity index (χ2n) is 5.22. The van der Waals surface area contributed by atoms with Gasteiger partial charge in [-0.2, -0.15) is 0 Å². The van der Waals surface area contributed by atoms with Crippen LogP contribution in [0, 0.1) is 0 Å². The predicted octanol–water partition coefficient (Wildman–Crippen LogP) is 1.19. The van der Waals surface area contributed by atoms with E-state index >= 15 is 0 Å². The summed E-state index contributed by atoms with van der Waals surface area (Å²) in [5.74, 6) is -1.32. The normalized spacial score (nSPS) is 11.9. The second kappa shape index (κ2) is 10.0. The zero-order chi connectivity index (χ0) is 16.4. The van der Waals surface area contributed by atoms with Crippen molar-refractivity contribution in [2.75, 3.05) is 13.1 Å². The lowest BCUT2D eigenvalue weighted by Crippen LogP contribution is -2.51. The summed E-state index contributed by atoms with van der Waals surface area (Å²) in [5, 5.41) is 14.3. The molecule has 3 amide bonds. The topological polar surface area (TPSA) is 98.7 Å². The molecule has 0 fully saturated rings. The molecule has 0 aliphatic rings. The Balaban J connectivity index is 4.54. The molecule has 1 atom stereocenters. The summed E-state index contributed by atoms with van der Waals surface area (Å²) in [7, 11) is 0. The Labute approximate surface area is 126 Å². The first-order valence-corrected chi connectivity index (χ1v) is 7.39. The number of aliphatic carboxylic acids is 1. The first-order chi connectivity index (χ1) is 9.81. The zero-order valence-corrected chi connectivity index (χ0v) is 13.3. The molecule has 3 N–H and O–H groups in total. The number of carbonyl (C=O) groups excluding carboxylic acids is 2. The summed E-state index contributed by atoms with van der Waals surface area (Å²) in [5.41, 5.74) is 0. The molecule has 0 aromatic rings. The summed E-state index contributed by atoms with van der Waals surface area (Å²) in [6.45, 7) is 7.61. The molecule has 0 aromatic heterocycles.